The smallest absolute Gasteiger partial charge is 0.337 e. The SMILES string of the molecule is COC(=O)c1cccc(CNc2ccc(Cl)cc2C(N)=O)c1. The first-order valence-electron chi connectivity index (χ1n) is 6.51. The van der Waals surface area contributed by atoms with E-state index < -0.39 is 11.9 Å². The third kappa shape index (κ3) is 3.77. The summed E-state index contributed by atoms with van der Waals surface area (Å²) >= 11 is 5.86. The summed E-state index contributed by atoms with van der Waals surface area (Å²) < 4.78 is 4.68. The van der Waals surface area contributed by atoms with Crippen LogP contribution in [-0.2, 0) is 11.3 Å². The van der Waals surface area contributed by atoms with Crippen LogP contribution in [0.25, 0.3) is 0 Å². The Morgan fingerprint density at radius 3 is 2.68 bits per heavy atom. The van der Waals surface area contributed by atoms with Crippen molar-refractivity contribution in [1.29, 1.82) is 0 Å². The maximum atomic E-state index is 11.5. The molecule has 0 radical (unpaired) electrons. The van der Waals surface area contributed by atoms with Crippen molar-refractivity contribution in [2.24, 2.45) is 5.73 Å². The van der Waals surface area contributed by atoms with Gasteiger partial charge in [0.1, 0.15) is 0 Å². The molecule has 6 heteroatoms. The number of esters is 1. The molecular formula is C16H15ClN2O3. The third-order valence-corrected chi connectivity index (χ3v) is 3.31. The summed E-state index contributed by atoms with van der Waals surface area (Å²) in [5.74, 6) is -0.959. The van der Waals surface area contributed by atoms with E-state index in [2.05, 4.69) is 10.1 Å². The van der Waals surface area contributed by atoms with Crippen LogP contribution in [-0.4, -0.2) is 19.0 Å². The molecule has 0 aromatic heterocycles. The highest BCUT2D eigenvalue weighted by atomic mass is 35.5. The zero-order chi connectivity index (χ0) is 16.1. The Hall–Kier alpha value is -2.53. The largest absolute Gasteiger partial charge is 0.465 e. The summed E-state index contributed by atoms with van der Waals surface area (Å²) in [7, 11) is 1.33. The minimum Gasteiger partial charge on any atom is -0.465 e. The van der Waals surface area contributed by atoms with E-state index in [1.807, 2.05) is 6.07 Å². The fourth-order valence-corrected chi connectivity index (χ4v) is 2.17. The van der Waals surface area contributed by atoms with Crippen LogP contribution < -0.4 is 11.1 Å². The van der Waals surface area contributed by atoms with Gasteiger partial charge in [0.25, 0.3) is 5.91 Å². The van der Waals surface area contributed by atoms with E-state index in [0.717, 1.165) is 5.56 Å². The fourth-order valence-electron chi connectivity index (χ4n) is 2.00. The average molecular weight is 319 g/mol. The van der Waals surface area contributed by atoms with E-state index in [0.29, 0.717) is 28.4 Å². The van der Waals surface area contributed by atoms with Crippen molar-refractivity contribution in [3.63, 3.8) is 0 Å². The maximum Gasteiger partial charge on any atom is 0.337 e. The number of primary amides is 1. The van der Waals surface area contributed by atoms with E-state index in [1.54, 1.807) is 30.3 Å². The van der Waals surface area contributed by atoms with E-state index in [-0.39, 0.29) is 0 Å². The van der Waals surface area contributed by atoms with Crippen molar-refractivity contribution in [3.05, 3.63) is 64.2 Å². The van der Waals surface area contributed by atoms with Crippen LogP contribution in [0, 0.1) is 0 Å². The summed E-state index contributed by atoms with van der Waals surface area (Å²) in [6.07, 6.45) is 0. The standard InChI is InChI=1S/C16H15ClN2O3/c1-22-16(21)11-4-2-3-10(7-11)9-19-14-6-5-12(17)8-13(14)15(18)20/h2-8,19H,9H2,1H3,(H2,18,20). The normalized spacial score (nSPS) is 10.1. The van der Waals surface area contributed by atoms with E-state index >= 15 is 0 Å². The van der Waals surface area contributed by atoms with Gasteiger partial charge in [0.2, 0.25) is 0 Å². The summed E-state index contributed by atoms with van der Waals surface area (Å²) in [4.78, 5) is 22.9. The second-order valence-electron chi connectivity index (χ2n) is 4.60. The van der Waals surface area contributed by atoms with Gasteiger partial charge in [0, 0.05) is 17.3 Å². The Bertz CT molecular complexity index is 716. The molecule has 2 aromatic carbocycles. The van der Waals surface area contributed by atoms with Crippen LogP contribution in [0.5, 0.6) is 0 Å². The summed E-state index contributed by atoms with van der Waals surface area (Å²) in [5, 5.41) is 3.55. The Balaban J connectivity index is 2.17. The molecule has 0 aliphatic heterocycles. The fraction of sp³-hybridized carbons (Fsp3) is 0.125. The molecule has 0 fully saturated rings. The van der Waals surface area contributed by atoms with Crippen LogP contribution in [0.2, 0.25) is 5.02 Å². The van der Waals surface area contributed by atoms with Crippen LogP contribution in [0.4, 0.5) is 5.69 Å². The monoisotopic (exact) mass is 318 g/mol. The molecule has 1 amide bonds. The van der Waals surface area contributed by atoms with Gasteiger partial charge in [-0.25, -0.2) is 4.79 Å². The number of rotatable bonds is 5. The lowest BCUT2D eigenvalue weighted by Crippen LogP contribution is -2.14. The molecule has 0 heterocycles. The van der Waals surface area contributed by atoms with Crippen LogP contribution in [0.15, 0.2) is 42.5 Å². The van der Waals surface area contributed by atoms with Gasteiger partial charge in [0.05, 0.1) is 18.2 Å². The first-order valence-corrected chi connectivity index (χ1v) is 6.89. The first-order chi connectivity index (χ1) is 10.5. The van der Waals surface area contributed by atoms with Gasteiger partial charge in [0.15, 0.2) is 0 Å². The quantitative estimate of drug-likeness (QED) is 0.831. The third-order valence-electron chi connectivity index (χ3n) is 3.08. The maximum absolute atomic E-state index is 11.5. The molecule has 2 rings (SSSR count). The lowest BCUT2D eigenvalue weighted by Gasteiger charge is -2.11. The summed E-state index contributed by atoms with van der Waals surface area (Å²) in [6.45, 7) is 0.423. The minimum atomic E-state index is -0.562. The van der Waals surface area contributed by atoms with Crippen molar-refractivity contribution in [2.75, 3.05) is 12.4 Å². The van der Waals surface area contributed by atoms with Crippen LogP contribution >= 0.6 is 11.6 Å². The predicted molar refractivity (Wildman–Crippen MR) is 85.1 cm³/mol. The molecule has 0 saturated heterocycles. The van der Waals surface area contributed by atoms with Crippen LogP contribution in [0.1, 0.15) is 26.3 Å². The van der Waals surface area contributed by atoms with Gasteiger partial charge < -0.3 is 15.8 Å². The lowest BCUT2D eigenvalue weighted by atomic mass is 10.1. The van der Waals surface area contributed by atoms with E-state index in [9.17, 15) is 9.59 Å². The molecule has 0 saturated carbocycles. The highest BCUT2D eigenvalue weighted by Gasteiger charge is 2.10. The molecule has 0 aliphatic rings. The molecule has 2 aromatic rings. The number of ether oxygens (including phenoxy) is 1. The van der Waals surface area contributed by atoms with Crippen molar-refractivity contribution in [1.82, 2.24) is 0 Å². The Morgan fingerprint density at radius 2 is 2.00 bits per heavy atom. The van der Waals surface area contributed by atoms with E-state index in [4.69, 9.17) is 17.3 Å². The number of anilines is 1. The Morgan fingerprint density at radius 1 is 1.23 bits per heavy atom. The molecule has 22 heavy (non-hydrogen) atoms. The van der Waals surface area contributed by atoms with E-state index in [1.165, 1.54) is 13.2 Å². The zero-order valence-electron chi connectivity index (χ0n) is 11.9. The highest BCUT2D eigenvalue weighted by molar-refractivity contribution is 6.31. The number of hydrogen-bond acceptors (Lipinski definition) is 4. The number of amides is 1. The summed E-state index contributed by atoms with van der Waals surface area (Å²) in [5.41, 5.74) is 7.57. The molecule has 114 valence electrons. The summed E-state index contributed by atoms with van der Waals surface area (Å²) in [6, 6.07) is 11.9. The van der Waals surface area contributed by atoms with Crippen molar-refractivity contribution < 1.29 is 14.3 Å². The van der Waals surface area contributed by atoms with Gasteiger partial charge >= 0.3 is 5.97 Å². The molecule has 5 nitrogen and oxygen atoms in total. The number of halogens is 1. The van der Waals surface area contributed by atoms with Gasteiger partial charge in [-0.05, 0) is 35.9 Å². The average Bonchev–Trinajstić information content (AvgIpc) is 2.53. The minimum absolute atomic E-state index is 0.316. The van der Waals surface area contributed by atoms with Crippen molar-refractivity contribution in [2.45, 2.75) is 6.54 Å². The van der Waals surface area contributed by atoms with Crippen molar-refractivity contribution in [3.8, 4) is 0 Å². The number of benzene rings is 2. The molecule has 3 N–H and O–H groups in total. The number of carbonyl (C=O) groups is 2. The number of hydrogen-bond donors (Lipinski definition) is 2. The topological polar surface area (TPSA) is 81.4 Å². The van der Waals surface area contributed by atoms with Crippen molar-refractivity contribution >= 4 is 29.2 Å². The van der Waals surface area contributed by atoms with Crippen LogP contribution in [0.3, 0.4) is 0 Å². The van der Waals surface area contributed by atoms with Gasteiger partial charge in [-0.2, -0.15) is 0 Å². The molecular weight excluding hydrogens is 304 g/mol. The van der Waals surface area contributed by atoms with Gasteiger partial charge in [-0.1, -0.05) is 23.7 Å². The Kier molecular flexibility index (Phi) is 5.01. The zero-order valence-corrected chi connectivity index (χ0v) is 12.7. The number of methoxy groups -OCH3 is 1. The number of carbonyl (C=O) groups excluding carboxylic acids is 2. The second-order valence-corrected chi connectivity index (χ2v) is 5.04. The second kappa shape index (κ2) is 6.95. The molecule has 0 spiro atoms. The molecule has 0 bridgehead atoms. The molecule has 0 aliphatic carbocycles. The van der Waals surface area contributed by atoms with Gasteiger partial charge in [-0.15, -0.1) is 0 Å². The molecule has 0 atom stereocenters. The van der Waals surface area contributed by atoms with Gasteiger partial charge in [-0.3, -0.25) is 4.79 Å². The lowest BCUT2D eigenvalue weighted by molar-refractivity contribution is 0.0600. The number of nitrogens with two attached hydrogens (primary N) is 1. The highest BCUT2D eigenvalue weighted by Crippen LogP contribution is 2.21. The Labute approximate surface area is 133 Å². The first kappa shape index (κ1) is 15.9. The number of nitrogens with one attached hydrogen (secondary N) is 1. The predicted octanol–water partition coefficient (Wildman–Crippen LogP) is 2.84. The molecule has 0 unspecified atom stereocenters.